The Morgan fingerprint density at radius 3 is 2.83 bits per heavy atom. The first kappa shape index (κ1) is 13.3. The van der Waals surface area contributed by atoms with Crippen LogP contribution in [0.15, 0.2) is 34.1 Å². The molecular weight excluding hydrogens is 310 g/mol. The molecule has 4 heteroatoms. The number of rotatable bonds is 3. The largest absolute Gasteiger partial charge is 0.321 e. The Morgan fingerprint density at radius 1 is 1.44 bits per heavy atom. The molecule has 0 saturated carbocycles. The van der Waals surface area contributed by atoms with E-state index in [1.54, 1.807) is 0 Å². The Labute approximate surface area is 119 Å². The number of nitrogens with one attached hydrogen (secondary N) is 1. The van der Waals surface area contributed by atoms with Gasteiger partial charge in [-0.25, -0.2) is 0 Å². The van der Waals surface area contributed by atoms with Crippen molar-refractivity contribution in [1.82, 2.24) is 0 Å². The van der Waals surface area contributed by atoms with Crippen molar-refractivity contribution >= 4 is 38.9 Å². The van der Waals surface area contributed by atoms with Crippen LogP contribution in [0.4, 0.5) is 5.69 Å². The minimum Gasteiger partial charge on any atom is -0.321 e. The van der Waals surface area contributed by atoms with Gasteiger partial charge in [-0.3, -0.25) is 4.79 Å². The van der Waals surface area contributed by atoms with Crippen molar-refractivity contribution in [3.63, 3.8) is 0 Å². The third-order valence-electron chi connectivity index (χ3n) is 2.75. The van der Waals surface area contributed by atoms with E-state index < -0.39 is 0 Å². The van der Waals surface area contributed by atoms with Crippen molar-refractivity contribution < 1.29 is 4.79 Å². The minimum absolute atomic E-state index is 0.0369. The number of thiophene rings is 1. The smallest absolute Gasteiger partial charge is 0.265 e. The monoisotopic (exact) mass is 323 g/mol. The Morgan fingerprint density at radius 2 is 2.22 bits per heavy atom. The Kier molecular flexibility index (Phi) is 4.19. The number of halogens is 1. The number of aryl methyl sites for hydroxylation is 2. The lowest BCUT2D eigenvalue weighted by Crippen LogP contribution is -2.13. The molecule has 0 atom stereocenters. The van der Waals surface area contributed by atoms with Gasteiger partial charge in [-0.1, -0.05) is 28.9 Å². The normalized spacial score (nSPS) is 10.4. The fraction of sp³-hybridized carbons (Fsp3) is 0.214. The van der Waals surface area contributed by atoms with Crippen LogP contribution in [0.2, 0.25) is 0 Å². The number of benzene rings is 1. The number of carbonyl (C=O) groups is 1. The summed E-state index contributed by atoms with van der Waals surface area (Å²) < 4.78 is 1.05. The van der Waals surface area contributed by atoms with Gasteiger partial charge in [-0.05, 0) is 48.1 Å². The van der Waals surface area contributed by atoms with E-state index in [1.807, 2.05) is 30.5 Å². The fourth-order valence-electron chi connectivity index (χ4n) is 1.85. The summed E-state index contributed by atoms with van der Waals surface area (Å²) >= 11 is 4.93. The van der Waals surface area contributed by atoms with Crippen molar-refractivity contribution in [3.8, 4) is 0 Å². The molecule has 1 amide bonds. The van der Waals surface area contributed by atoms with Gasteiger partial charge in [0.15, 0.2) is 0 Å². The molecule has 94 valence electrons. The molecule has 1 heterocycles. The number of hydrogen-bond acceptors (Lipinski definition) is 2. The molecule has 0 radical (unpaired) electrons. The maximum atomic E-state index is 12.1. The molecular formula is C14H14BrNOS. The molecule has 1 aromatic heterocycles. The highest BCUT2D eigenvalue weighted by Gasteiger charge is 2.12. The molecule has 18 heavy (non-hydrogen) atoms. The van der Waals surface area contributed by atoms with E-state index >= 15 is 0 Å². The summed E-state index contributed by atoms with van der Waals surface area (Å²) in [5.41, 5.74) is 3.15. The van der Waals surface area contributed by atoms with E-state index in [9.17, 15) is 4.79 Å². The highest BCUT2D eigenvalue weighted by molar-refractivity contribution is 9.10. The van der Waals surface area contributed by atoms with Gasteiger partial charge in [0.05, 0.1) is 4.88 Å². The summed E-state index contributed by atoms with van der Waals surface area (Å²) in [5, 5.41) is 4.92. The van der Waals surface area contributed by atoms with Gasteiger partial charge in [0.25, 0.3) is 5.91 Å². The molecule has 0 unspecified atom stereocenters. The van der Waals surface area contributed by atoms with E-state index in [0.717, 1.165) is 32.6 Å². The maximum Gasteiger partial charge on any atom is 0.265 e. The van der Waals surface area contributed by atoms with E-state index in [-0.39, 0.29) is 5.91 Å². The molecule has 2 rings (SSSR count). The molecule has 0 saturated heterocycles. The molecule has 0 fully saturated rings. The molecule has 0 aliphatic rings. The van der Waals surface area contributed by atoms with Crippen molar-refractivity contribution in [3.05, 3.63) is 50.1 Å². The molecule has 0 bridgehead atoms. The Hall–Kier alpha value is -1.13. The van der Waals surface area contributed by atoms with Crippen LogP contribution in [0.3, 0.4) is 0 Å². The Balaban J connectivity index is 2.31. The first-order valence-electron chi connectivity index (χ1n) is 5.75. The van der Waals surface area contributed by atoms with Crippen LogP contribution >= 0.6 is 27.3 Å². The van der Waals surface area contributed by atoms with Crippen LogP contribution in [-0.4, -0.2) is 5.91 Å². The van der Waals surface area contributed by atoms with Crippen molar-refractivity contribution in [2.75, 3.05) is 5.32 Å². The second-order valence-electron chi connectivity index (χ2n) is 4.04. The number of hydrogen-bond donors (Lipinski definition) is 1. The third-order valence-corrected chi connectivity index (χ3v) is 4.07. The molecule has 2 aromatic rings. The second kappa shape index (κ2) is 5.67. The molecule has 0 spiro atoms. The summed E-state index contributed by atoms with van der Waals surface area (Å²) in [6.45, 7) is 4.09. The second-order valence-corrected chi connectivity index (χ2v) is 5.91. The van der Waals surface area contributed by atoms with Crippen molar-refractivity contribution in [1.29, 1.82) is 0 Å². The lowest BCUT2D eigenvalue weighted by atomic mass is 10.1. The predicted octanol–water partition coefficient (Wildman–Crippen LogP) is 4.63. The lowest BCUT2D eigenvalue weighted by molar-refractivity contribution is 0.103. The molecule has 0 aliphatic heterocycles. The zero-order valence-electron chi connectivity index (χ0n) is 10.3. The summed E-state index contributed by atoms with van der Waals surface area (Å²) in [4.78, 5) is 12.8. The van der Waals surface area contributed by atoms with E-state index in [1.165, 1.54) is 11.3 Å². The van der Waals surface area contributed by atoms with E-state index in [4.69, 9.17) is 0 Å². The van der Waals surface area contributed by atoms with Crippen molar-refractivity contribution in [2.24, 2.45) is 0 Å². The summed E-state index contributed by atoms with van der Waals surface area (Å²) in [7, 11) is 0. The molecule has 1 N–H and O–H groups in total. The van der Waals surface area contributed by atoms with E-state index in [2.05, 4.69) is 34.2 Å². The van der Waals surface area contributed by atoms with Crippen LogP contribution in [0.1, 0.15) is 27.7 Å². The van der Waals surface area contributed by atoms with Crippen LogP contribution in [0.25, 0.3) is 0 Å². The average molecular weight is 324 g/mol. The van der Waals surface area contributed by atoms with Gasteiger partial charge in [-0.2, -0.15) is 0 Å². The van der Waals surface area contributed by atoms with Crippen LogP contribution < -0.4 is 5.32 Å². The SMILES string of the molecule is CCc1cc(Br)cc(C)c1NC(=O)c1cccs1. The van der Waals surface area contributed by atoms with Gasteiger partial charge < -0.3 is 5.32 Å². The first-order valence-corrected chi connectivity index (χ1v) is 7.43. The topological polar surface area (TPSA) is 29.1 Å². The van der Waals surface area contributed by atoms with Crippen LogP contribution in [0, 0.1) is 6.92 Å². The average Bonchev–Trinajstić information content (AvgIpc) is 2.85. The number of carbonyl (C=O) groups excluding carboxylic acids is 1. The zero-order chi connectivity index (χ0) is 13.1. The first-order chi connectivity index (χ1) is 8.61. The maximum absolute atomic E-state index is 12.1. The summed E-state index contributed by atoms with van der Waals surface area (Å²) in [6, 6.07) is 7.79. The van der Waals surface area contributed by atoms with Gasteiger partial charge in [0.1, 0.15) is 0 Å². The van der Waals surface area contributed by atoms with E-state index in [0.29, 0.717) is 0 Å². The summed E-state index contributed by atoms with van der Waals surface area (Å²) in [5.74, 6) is -0.0369. The highest BCUT2D eigenvalue weighted by atomic mass is 79.9. The van der Waals surface area contributed by atoms with Gasteiger partial charge in [0.2, 0.25) is 0 Å². The minimum atomic E-state index is -0.0369. The third kappa shape index (κ3) is 2.82. The van der Waals surface area contributed by atoms with Gasteiger partial charge >= 0.3 is 0 Å². The van der Waals surface area contributed by atoms with Gasteiger partial charge in [0, 0.05) is 10.2 Å². The highest BCUT2D eigenvalue weighted by Crippen LogP contribution is 2.27. The molecule has 2 nitrogen and oxygen atoms in total. The molecule has 1 aromatic carbocycles. The zero-order valence-corrected chi connectivity index (χ0v) is 12.7. The standard InChI is InChI=1S/C14H14BrNOS/c1-3-10-8-11(15)7-9(2)13(10)16-14(17)12-5-4-6-18-12/h4-8H,3H2,1-2H3,(H,16,17). The van der Waals surface area contributed by atoms with Gasteiger partial charge in [-0.15, -0.1) is 11.3 Å². The quantitative estimate of drug-likeness (QED) is 0.876. The van der Waals surface area contributed by atoms with Crippen LogP contribution in [-0.2, 0) is 6.42 Å². The number of amides is 1. The predicted molar refractivity (Wildman–Crippen MR) is 80.5 cm³/mol. The number of anilines is 1. The lowest BCUT2D eigenvalue weighted by Gasteiger charge is -2.13. The van der Waals surface area contributed by atoms with Crippen LogP contribution in [0.5, 0.6) is 0 Å². The Bertz CT molecular complexity index is 563. The van der Waals surface area contributed by atoms with Crippen molar-refractivity contribution in [2.45, 2.75) is 20.3 Å². The summed E-state index contributed by atoms with van der Waals surface area (Å²) in [6.07, 6.45) is 0.889. The fourth-order valence-corrected chi connectivity index (χ4v) is 3.09. The molecule has 0 aliphatic carbocycles.